The molecule has 4 nitrogen and oxygen atoms in total. The van der Waals surface area contributed by atoms with Crippen molar-refractivity contribution in [2.24, 2.45) is 5.73 Å². The molecule has 0 heterocycles. The van der Waals surface area contributed by atoms with Crippen LogP contribution in [0.15, 0.2) is 63.2 Å². The van der Waals surface area contributed by atoms with Gasteiger partial charge in [-0.05, 0) is 30.5 Å². The first-order chi connectivity index (χ1) is 10.1. The fourth-order valence-corrected chi connectivity index (χ4v) is 3.43. The molecule has 0 saturated carbocycles. The minimum Gasteiger partial charge on any atom is -0.606 e. The van der Waals surface area contributed by atoms with Crippen molar-refractivity contribution in [2.45, 2.75) is 14.7 Å². The van der Waals surface area contributed by atoms with Gasteiger partial charge < -0.3 is 15.6 Å². The fourth-order valence-electron chi connectivity index (χ4n) is 1.75. The van der Waals surface area contributed by atoms with Gasteiger partial charge in [0.15, 0.2) is 9.79 Å². The van der Waals surface area contributed by atoms with E-state index >= 15 is 0 Å². The monoisotopic (exact) mass is 320 g/mol. The first kappa shape index (κ1) is 15.9. The Bertz CT molecular complexity index is 635. The molecule has 0 aliphatic rings. The molecule has 0 radical (unpaired) electrons. The minimum atomic E-state index is -1.28. The van der Waals surface area contributed by atoms with Crippen molar-refractivity contribution in [1.29, 1.82) is 0 Å². The SMILES string of the molecule is CSc1cccc([S+]([O-])c2cccc(NC(=O)CN)c2)c1. The molecule has 0 aliphatic heterocycles. The van der Waals surface area contributed by atoms with Crippen LogP contribution in [0, 0.1) is 0 Å². The molecule has 110 valence electrons. The van der Waals surface area contributed by atoms with Crippen molar-refractivity contribution in [3.63, 3.8) is 0 Å². The summed E-state index contributed by atoms with van der Waals surface area (Å²) in [5, 5.41) is 2.66. The van der Waals surface area contributed by atoms with Crippen LogP contribution in [-0.4, -0.2) is 23.3 Å². The molecule has 1 atom stereocenters. The maximum Gasteiger partial charge on any atom is 0.238 e. The summed E-state index contributed by atoms with van der Waals surface area (Å²) < 4.78 is 12.6. The first-order valence-electron chi connectivity index (χ1n) is 6.30. The molecule has 0 spiro atoms. The van der Waals surface area contributed by atoms with E-state index < -0.39 is 11.2 Å². The van der Waals surface area contributed by atoms with E-state index in [1.54, 1.807) is 36.0 Å². The Labute approximate surface area is 131 Å². The van der Waals surface area contributed by atoms with Gasteiger partial charge in [-0.15, -0.1) is 11.8 Å². The second kappa shape index (κ2) is 7.51. The number of anilines is 1. The molecule has 21 heavy (non-hydrogen) atoms. The second-order valence-electron chi connectivity index (χ2n) is 4.23. The quantitative estimate of drug-likeness (QED) is 0.655. The molecule has 1 unspecified atom stereocenters. The summed E-state index contributed by atoms with van der Waals surface area (Å²) in [5.41, 5.74) is 5.86. The Balaban J connectivity index is 2.24. The highest BCUT2D eigenvalue weighted by molar-refractivity contribution is 7.98. The number of thioether (sulfide) groups is 1. The van der Waals surface area contributed by atoms with Crippen LogP contribution in [0.5, 0.6) is 0 Å². The molecule has 0 fully saturated rings. The lowest BCUT2D eigenvalue weighted by Crippen LogP contribution is -2.21. The van der Waals surface area contributed by atoms with Gasteiger partial charge in [-0.2, -0.15) is 0 Å². The van der Waals surface area contributed by atoms with E-state index in [0.29, 0.717) is 10.6 Å². The molecule has 2 rings (SSSR count). The molecule has 2 aromatic rings. The molecule has 3 N–H and O–H groups in total. The highest BCUT2D eigenvalue weighted by Gasteiger charge is 2.16. The number of nitrogens with two attached hydrogens (primary N) is 1. The topological polar surface area (TPSA) is 78.2 Å². The summed E-state index contributed by atoms with van der Waals surface area (Å²) >= 11 is 0.323. The molecule has 0 aromatic heterocycles. The smallest absolute Gasteiger partial charge is 0.238 e. The Hall–Kier alpha value is -1.47. The maximum atomic E-state index is 12.6. The van der Waals surface area contributed by atoms with E-state index in [2.05, 4.69) is 5.32 Å². The van der Waals surface area contributed by atoms with Crippen LogP contribution in [-0.2, 0) is 16.0 Å². The maximum absolute atomic E-state index is 12.6. The van der Waals surface area contributed by atoms with Crippen LogP contribution in [0.25, 0.3) is 0 Å². The number of benzene rings is 2. The lowest BCUT2D eigenvalue weighted by molar-refractivity contribution is -0.114. The van der Waals surface area contributed by atoms with Gasteiger partial charge in [-0.1, -0.05) is 12.1 Å². The van der Waals surface area contributed by atoms with Gasteiger partial charge in [0.2, 0.25) is 5.91 Å². The van der Waals surface area contributed by atoms with Crippen molar-refractivity contribution >= 4 is 34.5 Å². The summed E-state index contributed by atoms with van der Waals surface area (Å²) in [4.78, 5) is 13.7. The highest BCUT2D eigenvalue weighted by atomic mass is 32.2. The number of rotatable bonds is 5. The summed E-state index contributed by atoms with van der Waals surface area (Å²) in [6, 6.07) is 14.6. The molecular formula is C15H16N2O2S2. The fraction of sp³-hybridized carbons (Fsp3) is 0.133. The van der Waals surface area contributed by atoms with Crippen molar-refractivity contribution in [3.8, 4) is 0 Å². The van der Waals surface area contributed by atoms with E-state index in [4.69, 9.17) is 5.73 Å². The van der Waals surface area contributed by atoms with Gasteiger partial charge in [0, 0.05) is 33.9 Å². The van der Waals surface area contributed by atoms with Crippen LogP contribution in [0.2, 0.25) is 0 Å². The normalized spacial score (nSPS) is 12.0. The van der Waals surface area contributed by atoms with Crippen molar-refractivity contribution in [2.75, 3.05) is 18.1 Å². The van der Waals surface area contributed by atoms with Gasteiger partial charge in [-0.25, -0.2) is 0 Å². The number of nitrogens with one attached hydrogen (secondary N) is 1. The first-order valence-corrected chi connectivity index (χ1v) is 8.67. The zero-order chi connectivity index (χ0) is 15.2. The standard InChI is InChI=1S/C15H16N2O2S2/c1-20-12-5-3-7-14(9-12)21(19)13-6-2-4-11(8-13)17-15(18)10-16/h2-9H,10,16H2,1H3,(H,17,18). The Morgan fingerprint density at radius 1 is 1.24 bits per heavy atom. The average Bonchev–Trinajstić information content (AvgIpc) is 2.54. The van der Waals surface area contributed by atoms with Gasteiger partial charge in [0.05, 0.1) is 6.54 Å². The van der Waals surface area contributed by atoms with E-state index in [0.717, 1.165) is 9.79 Å². The average molecular weight is 320 g/mol. The molecule has 6 heteroatoms. The highest BCUT2D eigenvalue weighted by Crippen LogP contribution is 2.26. The molecule has 0 saturated heterocycles. The number of carbonyl (C=O) groups excluding carboxylic acids is 1. The lowest BCUT2D eigenvalue weighted by Gasteiger charge is -2.12. The van der Waals surface area contributed by atoms with Gasteiger partial charge >= 0.3 is 0 Å². The van der Waals surface area contributed by atoms with Crippen molar-refractivity contribution in [1.82, 2.24) is 0 Å². The molecule has 0 aliphatic carbocycles. The predicted molar refractivity (Wildman–Crippen MR) is 87.0 cm³/mol. The van der Waals surface area contributed by atoms with E-state index in [1.807, 2.05) is 30.5 Å². The molecular weight excluding hydrogens is 304 g/mol. The Morgan fingerprint density at radius 2 is 1.90 bits per heavy atom. The van der Waals surface area contributed by atoms with Crippen LogP contribution < -0.4 is 11.1 Å². The summed E-state index contributed by atoms with van der Waals surface area (Å²) in [6.45, 7) is -0.0803. The zero-order valence-electron chi connectivity index (χ0n) is 11.5. The Kier molecular flexibility index (Phi) is 5.69. The summed E-state index contributed by atoms with van der Waals surface area (Å²) in [7, 11) is 0. The van der Waals surface area contributed by atoms with Gasteiger partial charge in [-0.3, -0.25) is 4.79 Å². The molecule has 0 bridgehead atoms. The van der Waals surface area contributed by atoms with Gasteiger partial charge in [0.1, 0.15) is 0 Å². The largest absolute Gasteiger partial charge is 0.606 e. The van der Waals surface area contributed by atoms with E-state index in [-0.39, 0.29) is 12.5 Å². The summed E-state index contributed by atoms with van der Waals surface area (Å²) in [6.07, 6.45) is 1.98. The predicted octanol–water partition coefficient (Wildman–Crippen LogP) is 2.47. The number of amides is 1. The van der Waals surface area contributed by atoms with Crippen LogP contribution in [0.1, 0.15) is 0 Å². The van der Waals surface area contributed by atoms with Crippen molar-refractivity contribution in [3.05, 3.63) is 48.5 Å². The third-order valence-corrected chi connectivity index (χ3v) is 4.86. The van der Waals surface area contributed by atoms with Crippen LogP contribution in [0.4, 0.5) is 5.69 Å². The third-order valence-electron chi connectivity index (χ3n) is 2.77. The van der Waals surface area contributed by atoms with Crippen molar-refractivity contribution < 1.29 is 9.35 Å². The Morgan fingerprint density at radius 3 is 2.57 bits per heavy atom. The van der Waals surface area contributed by atoms with Gasteiger partial charge in [0.25, 0.3) is 0 Å². The third kappa shape index (κ3) is 4.25. The lowest BCUT2D eigenvalue weighted by atomic mass is 10.3. The second-order valence-corrected chi connectivity index (χ2v) is 6.59. The van der Waals surface area contributed by atoms with E-state index in [1.165, 1.54) is 0 Å². The van der Waals surface area contributed by atoms with Crippen LogP contribution in [0.3, 0.4) is 0 Å². The number of carbonyl (C=O) groups is 1. The molecule has 2 aromatic carbocycles. The zero-order valence-corrected chi connectivity index (χ0v) is 13.2. The molecule has 1 amide bonds. The number of hydrogen-bond acceptors (Lipinski definition) is 4. The summed E-state index contributed by atoms with van der Waals surface area (Å²) in [5.74, 6) is -0.276. The van der Waals surface area contributed by atoms with Crippen LogP contribution >= 0.6 is 11.8 Å². The minimum absolute atomic E-state index is 0.0803. The number of hydrogen-bond donors (Lipinski definition) is 2. The van der Waals surface area contributed by atoms with E-state index in [9.17, 15) is 9.35 Å².